The number of nitrogens with zero attached hydrogens (tertiary/aromatic N) is 5. The maximum Gasteiger partial charge on any atom is 0.200 e. The Morgan fingerprint density at radius 1 is 1.53 bits per heavy atom. The second-order valence-corrected chi connectivity index (χ2v) is 3.23. The molecule has 0 aliphatic carbocycles. The van der Waals surface area contributed by atoms with Crippen LogP contribution in [0.2, 0.25) is 0 Å². The van der Waals surface area contributed by atoms with E-state index >= 15 is 0 Å². The normalized spacial score (nSPS) is 12.9. The molecule has 0 saturated heterocycles. The summed E-state index contributed by atoms with van der Waals surface area (Å²) >= 11 is 0. The van der Waals surface area contributed by atoms with Crippen LogP contribution in [0.5, 0.6) is 0 Å². The lowest BCUT2D eigenvalue weighted by molar-refractivity contribution is 0.683. The standard InChI is InChI=1S/C8H13N7/c1-2-6(5-9)10-7-3-4-8-11-13-14-15(8)12-7/h3-4,6H,2,5,9H2,1H3,(H,10,12). The van der Waals surface area contributed by atoms with Gasteiger partial charge in [-0.15, -0.1) is 14.8 Å². The summed E-state index contributed by atoms with van der Waals surface area (Å²) in [6.45, 7) is 2.64. The highest BCUT2D eigenvalue weighted by Gasteiger charge is 2.05. The van der Waals surface area contributed by atoms with E-state index in [1.807, 2.05) is 6.07 Å². The van der Waals surface area contributed by atoms with Crippen LogP contribution in [0.3, 0.4) is 0 Å². The van der Waals surface area contributed by atoms with Gasteiger partial charge in [0.15, 0.2) is 5.65 Å². The molecule has 0 aliphatic heterocycles. The van der Waals surface area contributed by atoms with Crippen LogP contribution in [-0.2, 0) is 0 Å². The van der Waals surface area contributed by atoms with Crippen molar-refractivity contribution in [2.45, 2.75) is 19.4 Å². The molecule has 0 aliphatic rings. The van der Waals surface area contributed by atoms with E-state index in [0.29, 0.717) is 12.2 Å². The average Bonchev–Trinajstić information content (AvgIpc) is 2.73. The summed E-state index contributed by atoms with van der Waals surface area (Å²) in [6.07, 6.45) is 0.950. The zero-order valence-electron chi connectivity index (χ0n) is 8.46. The number of hydrogen-bond donors (Lipinski definition) is 2. The van der Waals surface area contributed by atoms with Crippen molar-refractivity contribution in [2.24, 2.45) is 5.73 Å². The SMILES string of the molecule is CCC(CN)Nc1ccc2nnnn2n1. The molecule has 1 atom stereocenters. The number of rotatable bonds is 4. The average molecular weight is 207 g/mol. The van der Waals surface area contributed by atoms with Gasteiger partial charge in [0.25, 0.3) is 0 Å². The van der Waals surface area contributed by atoms with Gasteiger partial charge in [0.2, 0.25) is 0 Å². The quantitative estimate of drug-likeness (QED) is 0.712. The van der Waals surface area contributed by atoms with E-state index in [4.69, 9.17) is 5.73 Å². The molecule has 0 radical (unpaired) electrons. The van der Waals surface area contributed by atoms with Crippen molar-refractivity contribution in [3.8, 4) is 0 Å². The molecule has 0 aromatic carbocycles. The number of aromatic nitrogens is 5. The highest BCUT2D eigenvalue weighted by molar-refractivity contribution is 5.42. The molecule has 1 unspecified atom stereocenters. The molecule has 2 heterocycles. The first-order valence-corrected chi connectivity index (χ1v) is 4.85. The van der Waals surface area contributed by atoms with E-state index in [2.05, 4.69) is 32.9 Å². The summed E-state index contributed by atoms with van der Waals surface area (Å²) in [6, 6.07) is 3.87. The van der Waals surface area contributed by atoms with Gasteiger partial charge in [-0.1, -0.05) is 6.92 Å². The predicted molar refractivity (Wildman–Crippen MR) is 55.3 cm³/mol. The third-order valence-electron chi connectivity index (χ3n) is 2.20. The number of fused-ring (bicyclic) bond motifs is 1. The van der Waals surface area contributed by atoms with Gasteiger partial charge in [0, 0.05) is 12.6 Å². The Labute approximate surface area is 86.7 Å². The minimum Gasteiger partial charge on any atom is -0.365 e. The first-order valence-electron chi connectivity index (χ1n) is 4.85. The largest absolute Gasteiger partial charge is 0.365 e. The minimum absolute atomic E-state index is 0.228. The van der Waals surface area contributed by atoms with Gasteiger partial charge in [-0.2, -0.15) is 0 Å². The van der Waals surface area contributed by atoms with Crippen molar-refractivity contribution in [1.82, 2.24) is 25.3 Å². The molecule has 0 fully saturated rings. The monoisotopic (exact) mass is 207 g/mol. The first-order chi connectivity index (χ1) is 7.33. The van der Waals surface area contributed by atoms with Crippen molar-refractivity contribution >= 4 is 11.5 Å². The van der Waals surface area contributed by atoms with Gasteiger partial charge < -0.3 is 11.1 Å². The van der Waals surface area contributed by atoms with Crippen molar-refractivity contribution in [1.29, 1.82) is 0 Å². The topological polar surface area (TPSA) is 94.0 Å². The van der Waals surface area contributed by atoms with Gasteiger partial charge in [-0.3, -0.25) is 0 Å². The molecule has 0 amide bonds. The van der Waals surface area contributed by atoms with Crippen LogP contribution >= 0.6 is 0 Å². The number of nitrogens with one attached hydrogen (secondary N) is 1. The summed E-state index contributed by atoms with van der Waals surface area (Å²) in [5.41, 5.74) is 6.21. The van der Waals surface area contributed by atoms with Gasteiger partial charge in [0.05, 0.1) is 0 Å². The van der Waals surface area contributed by atoms with Gasteiger partial charge in [0.1, 0.15) is 5.82 Å². The zero-order chi connectivity index (χ0) is 10.7. The van der Waals surface area contributed by atoms with Crippen LogP contribution in [0.1, 0.15) is 13.3 Å². The molecule has 2 aromatic heterocycles. The van der Waals surface area contributed by atoms with Crippen molar-refractivity contribution in [2.75, 3.05) is 11.9 Å². The van der Waals surface area contributed by atoms with Crippen molar-refractivity contribution in [3.63, 3.8) is 0 Å². The Kier molecular flexibility index (Phi) is 2.72. The van der Waals surface area contributed by atoms with E-state index in [0.717, 1.165) is 12.2 Å². The third kappa shape index (κ3) is 2.01. The van der Waals surface area contributed by atoms with Crippen LogP contribution in [0.15, 0.2) is 12.1 Å². The van der Waals surface area contributed by atoms with Gasteiger partial charge >= 0.3 is 0 Å². The molecule has 7 heteroatoms. The minimum atomic E-state index is 0.228. The number of anilines is 1. The summed E-state index contributed by atoms with van der Waals surface area (Å²) < 4.78 is 1.38. The second kappa shape index (κ2) is 4.18. The van der Waals surface area contributed by atoms with E-state index in [1.165, 1.54) is 4.63 Å². The van der Waals surface area contributed by atoms with E-state index < -0.39 is 0 Å². The maximum atomic E-state index is 5.59. The Hall–Kier alpha value is -1.76. The molecule has 2 aromatic rings. The molecule has 7 nitrogen and oxygen atoms in total. The Balaban J connectivity index is 2.20. The molecule has 0 spiro atoms. The van der Waals surface area contributed by atoms with Crippen LogP contribution in [0.4, 0.5) is 5.82 Å². The summed E-state index contributed by atoms with van der Waals surface area (Å²) in [5.74, 6) is 0.729. The van der Waals surface area contributed by atoms with E-state index in [1.54, 1.807) is 6.07 Å². The number of hydrogen-bond acceptors (Lipinski definition) is 6. The van der Waals surface area contributed by atoms with Crippen LogP contribution in [0.25, 0.3) is 5.65 Å². The molecule has 0 bridgehead atoms. The Morgan fingerprint density at radius 3 is 3.13 bits per heavy atom. The molecule has 3 N–H and O–H groups in total. The molecule has 15 heavy (non-hydrogen) atoms. The van der Waals surface area contributed by atoms with Gasteiger partial charge in [-0.05, 0) is 29.0 Å². The Morgan fingerprint density at radius 2 is 2.40 bits per heavy atom. The highest BCUT2D eigenvalue weighted by Crippen LogP contribution is 2.05. The lowest BCUT2D eigenvalue weighted by atomic mass is 10.2. The lowest BCUT2D eigenvalue weighted by Gasteiger charge is -2.14. The fourth-order valence-corrected chi connectivity index (χ4v) is 1.26. The fourth-order valence-electron chi connectivity index (χ4n) is 1.26. The summed E-state index contributed by atoms with van der Waals surface area (Å²) in [7, 11) is 0. The predicted octanol–water partition coefficient (Wildman–Crippen LogP) is -0.332. The van der Waals surface area contributed by atoms with Gasteiger partial charge in [-0.25, -0.2) is 0 Å². The van der Waals surface area contributed by atoms with E-state index in [9.17, 15) is 0 Å². The van der Waals surface area contributed by atoms with Crippen molar-refractivity contribution in [3.05, 3.63) is 12.1 Å². The zero-order valence-corrected chi connectivity index (χ0v) is 8.46. The fraction of sp³-hybridized carbons (Fsp3) is 0.500. The molecule has 80 valence electrons. The summed E-state index contributed by atoms with van der Waals surface area (Å²) in [4.78, 5) is 0. The van der Waals surface area contributed by atoms with E-state index in [-0.39, 0.29) is 6.04 Å². The Bertz CT molecular complexity index is 433. The first kappa shape index (κ1) is 9.78. The molecule has 0 saturated carbocycles. The van der Waals surface area contributed by atoms with Crippen LogP contribution in [-0.4, -0.2) is 37.8 Å². The number of nitrogens with two attached hydrogens (primary N) is 1. The third-order valence-corrected chi connectivity index (χ3v) is 2.20. The van der Waals surface area contributed by atoms with Crippen LogP contribution in [0, 0.1) is 0 Å². The second-order valence-electron chi connectivity index (χ2n) is 3.23. The summed E-state index contributed by atoms with van der Waals surface area (Å²) in [5, 5.41) is 18.4. The van der Waals surface area contributed by atoms with Crippen LogP contribution < -0.4 is 11.1 Å². The highest BCUT2D eigenvalue weighted by atomic mass is 15.6. The molecule has 2 rings (SSSR count). The molecular formula is C8H13N7. The molecular weight excluding hydrogens is 194 g/mol. The lowest BCUT2D eigenvalue weighted by Crippen LogP contribution is -2.28. The van der Waals surface area contributed by atoms with Crippen molar-refractivity contribution < 1.29 is 0 Å². The smallest absolute Gasteiger partial charge is 0.200 e. The number of tetrazole rings is 1. The maximum absolute atomic E-state index is 5.59.